The molecule has 0 aliphatic carbocycles. The Morgan fingerprint density at radius 1 is 1.42 bits per heavy atom. The summed E-state index contributed by atoms with van der Waals surface area (Å²) in [6, 6.07) is 1.77. The summed E-state index contributed by atoms with van der Waals surface area (Å²) in [6.07, 6.45) is 5.35. The Hall–Kier alpha value is -2.50. The summed E-state index contributed by atoms with van der Waals surface area (Å²) in [6.45, 7) is 1.99. The fraction of sp³-hybridized carbons (Fsp3) is 0.231. The zero-order valence-corrected chi connectivity index (χ0v) is 10.6. The number of carbonyl (C=O) groups excluding carboxylic acids is 1. The van der Waals surface area contributed by atoms with Gasteiger partial charge in [0.25, 0.3) is 5.56 Å². The van der Waals surface area contributed by atoms with Crippen LogP contribution in [-0.4, -0.2) is 28.0 Å². The van der Waals surface area contributed by atoms with Gasteiger partial charge in [0.15, 0.2) is 0 Å². The molecule has 0 atom stereocenters. The van der Waals surface area contributed by atoms with Crippen LogP contribution in [0.1, 0.15) is 22.8 Å². The number of aryl methyl sites for hydroxylation is 1. The number of nitrogens with one attached hydrogen (secondary N) is 1. The van der Waals surface area contributed by atoms with Crippen LogP contribution in [0.2, 0.25) is 0 Å². The molecule has 2 aromatic heterocycles. The highest BCUT2D eigenvalue weighted by Gasteiger charge is 2.13. The SMILES string of the molecule is CCc1cnccc1-c1ncc(C(=O)OC)c(=O)[nH]1. The van der Waals surface area contributed by atoms with Gasteiger partial charge in [-0.3, -0.25) is 9.78 Å². The second kappa shape index (κ2) is 5.43. The number of H-pyrrole nitrogens is 1. The lowest BCUT2D eigenvalue weighted by molar-refractivity contribution is 0.0598. The van der Waals surface area contributed by atoms with Crippen molar-refractivity contribution >= 4 is 5.97 Å². The van der Waals surface area contributed by atoms with Crippen molar-refractivity contribution in [2.75, 3.05) is 7.11 Å². The van der Waals surface area contributed by atoms with Gasteiger partial charge in [0.05, 0.1) is 7.11 Å². The van der Waals surface area contributed by atoms with Crippen LogP contribution in [0.3, 0.4) is 0 Å². The molecule has 0 spiro atoms. The fourth-order valence-electron chi connectivity index (χ4n) is 1.73. The van der Waals surface area contributed by atoms with Crippen LogP contribution in [0.25, 0.3) is 11.4 Å². The Morgan fingerprint density at radius 2 is 2.21 bits per heavy atom. The normalized spacial score (nSPS) is 10.2. The van der Waals surface area contributed by atoms with Gasteiger partial charge in [-0.05, 0) is 18.1 Å². The highest BCUT2D eigenvalue weighted by molar-refractivity contribution is 5.88. The third kappa shape index (κ3) is 2.52. The van der Waals surface area contributed by atoms with Gasteiger partial charge < -0.3 is 9.72 Å². The van der Waals surface area contributed by atoms with E-state index in [1.54, 1.807) is 18.5 Å². The highest BCUT2D eigenvalue weighted by atomic mass is 16.5. The maximum Gasteiger partial charge on any atom is 0.345 e. The van der Waals surface area contributed by atoms with Gasteiger partial charge in [0.2, 0.25) is 0 Å². The van der Waals surface area contributed by atoms with Crippen LogP contribution < -0.4 is 5.56 Å². The maximum atomic E-state index is 11.8. The van der Waals surface area contributed by atoms with Crippen LogP contribution in [0.5, 0.6) is 0 Å². The minimum Gasteiger partial charge on any atom is -0.465 e. The lowest BCUT2D eigenvalue weighted by atomic mass is 10.1. The predicted octanol–water partition coefficient (Wildman–Crippen LogP) is 1.18. The van der Waals surface area contributed by atoms with Crippen LogP contribution in [0, 0.1) is 0 Å². The minimum absolute atomic E-state index is 0.113. The third-order valence-electron chi connectivity index (χ3n) is 2.74. The van der Waals surface area contributed by atoms with Gasteiger partial charge in [-0.1, -0.05) is 6.92 Å². The standard InChI is InChI=1S/C13H13N3O3/c1-3-8-6-14-5-4-9(8)11-15-7-10(12(17)16-11)13(18)19-2/h4-7H,3H2,1-2H3,(H,15,16,17). The molecule has 0 unspecified atom stereocenters. The molecule has 19 heavy (non-hydrogen) atoms. The highest BCUT2D eigenvalue weighted by Crippen LogP contribution is 2.18. The van der Waals surface area contributed by atoms with E-state index in [-0.39, 0.29) is 5.56 Å². The number of hydrogen-bond acceptors (Lipinski definition) is 5. The van der Waals surface area contributed by atoms with Gasteiger partial charge >= 0.3 is 5.97 Å². The molecule has 0 aliphatic heterocycles. The molecule has 0 bridgehead atoms. The van der Waals surface area contributed by atoms with E-state index in [0.29, 0.717) is 5.82 Å². The number of ether oxygens (including phenoxy) is 1. The summed E-state index contributed by atoms with van der Waals surface area (Å²) in [5.74, 6) is -0.289. The number of esters is 1. The molecule has 98 valence electrons. The van der Waals surface area contributed by atoms with Gasteiger partial charge in [-0.2, -0.15) is 0 Å². The number of hydrogen-bond donors (Lipinski definition) is 1. The number of aromatic amines is 1. The van der Waals surface area contributed by atoms with Crippen molar-refractivity contribution in [2.45, 2.75) is 13.3 Å². The lowest BCUT2D eigenvalue weighted by Crippen LogP contribution is -2.20. The van der Waals surface area contributed by atoms with E-state index < -0.39 is 11.5 Å². The first-order chi connectivity index (χ1) is 9.17. The van der Waals surface area contributed by atoms with E-state index >= 15 is 0 Å². The van der Waals surface area contributed by atoms with Gasteiger partial charge in [-0.25, -0.2) is 9.78 Å². The van der Waals surface area contributed by atoms with Crippen molar-refractivity contribution < 1.29 is 9.53 Å². The van der Waals surface area contributed by atoms with Crippen molar-refractivity contribution in [2.24, 2.45) is 0 Å². The monoisotopic (exact) mass is 259 g/mol. The number of methoxy groups -OCH3 is 1. The molecule has 1 N–H and O–H groups in total. The van der Waals surface area contributed by atoms with E-state index in [4.69, 9.17) is 0 Å². The zero-order valence-electron chi connectivity index (χ0n) is 10.6. The van der Waals surface area contributed by atoms with Crippen molar-refractivity contribution in [1.82, 2.24) is 15.0 Å². The van der Waals surface area contributed by atoms with Crippen LogP contribution in [-0.2, 0) is 11.2 Å². The molecule has 6 heteroatoms. The predicted molar refractivity (Wildman–Crippen MR) is 68.8 cm³/mol. The molecule has 2 aromatic rings. The summed E-state index contributed by atoms with van der Waals surface area (Å²) in [4.78, 5) is 33.8. The zero-order chi connectivity index (χ0) is 13.8. The number of carbonyl (C=O) groups is 1. The average molecular weight is 259 g/mol. The molecule has 6 nitrogen and oxygen atoms in total. The fourth-order valence-corrected chi connectivity index (χ4v) is 1.73. The van der Waals surface area contributed by atoms with E-state index in [2.05, 4.69) is 19.7 Å². The summed E-state index contributed by atoms with van der Waals surface area (Å²) >= 11 is 0. The second-order valence-electron chi connectivity index (χ2n) is 3.85. The second-order valence-corrected chi connectivity index (χ2v) is 3.85. The van der Waals surface area contributed by atoms with E-state index in [0.717, 1.165) is 17.5 Å². The van der Waals surface area contributed by atoms with Gasteiger partial charge in [0.1, 0.15) is 11.4 Å². The van der Waals surface area contributed by atoms with Crippen LogP contribution >= 0.6 is 0 Å². The van der Waals surface area contributed by atoms with Gasteiger partial charge in [-0.15, -0.1) is 0 Å². The molecule has 0 aliphatic rings. The summed E-state index contributed by atoms with van der Waals surface area (Å²) < 4.78 is 4.50. The van der Waals surface area contributed by atoms with Crippen molar-refractivity contribution in [1.29, 1.82) is 0 Å². The Morgan fingerprint density at radius 3 is 2.84 bits per heavy atom. The summed E-state index contributed by atoms with van der Waals surface area (Å²) in [5.41, 5.74) is 1.14. The molecule has 0 saturated heterocycles. The quantitative estimate of drug-likeness (QED) is 0.836. The van der Waals surface area contributed by atoms with Crippen molar-refractivity contribution in [3.8, 4) is 11.4 Å². The van der Waals surface area contributed by atoms with Crippen LogP contribution in [0.4, 0.5) is 0 Å². The largest absolute Gasteiger partial charge is 0.465 e. The molecular formula is C13H13N3O3. The molecule has 0 amide bonds. The summed E-state index contributed by atoms with van der Waals surface area (Å²) in [5, 5.41) is 0. The van der Waals surface area contributed by atoms with Crippen LogP contribution in [0.15, 0.2) is 29.5 Å². The summed E-state index contributed by atoms with van der Waals surface area (Å²) in [7, 11) is 1.22. The molecule has 0 aromatic carbocycles. The number of rotatable bonds is 3. The Labute approximate surface area is 109 Å². The van der Waals surface area contributed by atoms with E-state index in [1.807, 2.05) is 6.92 Å². The molecule has 0 radical (unpaired) electrons. The van der Waals surface area contributed by atoms with Gasteiger partial charge in [0, 0.05) is 24.2 Å². The molecule has 2 rings (SSSR count). The average Bonchev–Trinajstić information content (AvgIpc) is 2.46. The first kappa shape index (κ1) is 12.9. The number of pyridine rings is 1. The molecule has 2 heterocycles. The van der Waals surface area contributed by atoms with E-state index in [9.17, 15) is 9.59 Å². The molecule has 0 fully saturated rings. The lowest BCUT2D eigenvalue weighted by Gasteiger charge is -2.06. The topological polar surface area (TPSA) is 84.9 Å². The molecule has 0 saturated carbocycles. The molecular weight excluding hydrogens is 246 g/mol. The Bertz CT molecular complexity index is 664. The minimum atomic E-state index is -0.703. The Balaban J connectivity index is 2.51. The third-order valence-corrected chi connectivity index (χ3v) is 2.74. The number of aromatic nitrogens is 3. The van der Waals surface area contributed by atoms with Crippen molar-refractivity contribution in [3.05, 3.63) is 46.1 Å². The first-order valence-corrected chi connectivity index (χ1v) is 5.78. The first-order valence-electron chi connectivity index (χ1n) is 5.78. The van der Waals surface area contributed by atoms with Crippen molar-refractivity contribution in [3.63, 3.8) is 0 Å². The Kier molecular flexibility index (Phi) is 3.70. The van der Waals surface area contributed by atoms with E-state index in [1.165, 1.54) is 13.3 Å². The maximum absolute atomic E-state index is 11.8. The number of nitrogens with zero attached hydrogens (tertiary/aromatic N) is 2. The smallest absolute Gasteiger partial charge is 0.345 e.